The molecule has 0 amide bonds. The highest BCUT2D eigenvalue weighted by Crippen LogP contribution is 2.20. The molecule has 86 valence electrons. The molecule has 0 aliphatic heterocycles. The average molecular weight is 232 g/mol. The maximum atomic E-state index is 13.3. The average Bonchev–Trinajstić information content (AvgIpc) is 2.33. The molecule has 0 radical (unpaired) electrons. The topological polar surface area (TPSA) is 63.1 Å². The van der Waals surface area contributed by atoms with Gasteiger partial charge in [0, 0.05) is 18.0 Å². The number of carboxylic acids is 1. The number of pyridine rings is 2. The van der Waals surface area contributed by atoms with E-state index in [1.807, 2.05) is 0 Å². The second-order valence-electron chi connectivity index (χ2n) is 3.53. The second-order valence-corrected chi connectivity index (χ2v) is 3.53. The SMILES string of the molecule is Cc1ncc(-c2ccnc(C(=O)O)c2)cc1F. The molecule has 0 aromatic carbocycles. The summed E-state index contributed by atoms with van der Waals surface area (Å²) in [5, 5.41) is 8.80. The number of hydrogen-bond donors (Lipinski definition) is 1. The van der Waals surface area contributed by atoms with Gasteiger partial charge in [-0.15, -0.1) is 0 Å². The minimum absolute atomic E-state index is 0.0801. The van der Waals surface area contributed by atoms with Gasteiger partial charge in [-0.3, -0.25) is 4.98 Å². The molecular weight excluding hydrogens is 223 g/mol. The van der Waals surface area contributed by atoms with Crippen molar-refractivity contribution in [2.24, 2.45) is 0 Å². The van der Waals surface area contributed by atoms with Crippen molar-refractivity contribution in [3.8, 4) is 11.1 Å². The molecule has 4 nitrogen and oxygen atoms in total. The van der Waals surface area contributed by atoms with Gasteiger partial charge in [-0.1, -0.05) is 0 Å². The number of nitrogens with zero attached hydrogens (tertiary/aromatic N) is 2. The Bertz CT molecular complexity index is 584. The van der Waals surface area contributed by atoms with Gasteiger partial charge >= 0.3 is 5.97 Å². The number of aryl methyl sites for hydroxylation is 1. The van der Waals surface area contributed by atoms with Crippen molar-refractivity contribution in [3.05, 3.63) is 47.8 Å². The predicted octanol–water partition coefficient (Wildman–Crippen LogP) is 2.29. The Balaban J connectivity index is 2.49. The van der Waals surface area contributed by atoms with Crippen LogP contribution >= 0.6 is 0 Å². The summed E-state index contributed by atoms with van der Waals surface area (Å²) in [6.07, 6.45) is 2.87. The van der Waals surface area contributed by atoms with Crippen molar-refractivity contribution in [2.75, 3.05) is 0 Å². The molecule has 0 bridgehead atoms. The Hall–Kier alpha value is -2.30. The van der Waals surface area contributed by atoms with Crippen LogP contribution in [0.2, 0.25) is 0 Å². The van der Waals surface area contributed by atoms with Crippen molar-refractivity contribution in [1.82, 2.24) is 9.97 Å². The van der Waals surface area contributed by atoms with Gasteiger partial charge in [-0.05, 0) is 30.7 Å². The van der Waals surface area contributed by atoms with E-state index in [-0.39, 0.29) is 5.69 Å². The quantitative estimate of drug-likeness (QED) is 0.862. The Morgan fingerprint density at radius 1 is 1.29 bits per heavy atom. The lowest BCUT2D eigenvalue weighted by Crippen LogP contribution is -1.99. The minimum Gasteiger partial charge on any atom is -0.477 e. The van der Waals surface area contributed by atoms with Crippen LogP contribution in [0.4, 0.5) is 4.39 Å². The van der Waals surface area contributed by atoms with Crippen LogP contribution in [0.25, 0.3) is 11.1 Å². The van der Waals surface area contributed by atoms with Crippen LogP contribution in [0, 0.1) is 12.7 Å². The van der Waals surface area contributed by atoms with E-state index in [1.54, 1.807) is 13.0 Å². The highest BCUT2D eigenvalue weighted by molar-refractivity contribution is 5.87. The fourth-order valence-electron chi connectivity index (χ4n) is 1.39. The molecule has 17 heavy (non-hydrogen) atoms. The summed E-state index contributed by atoms with van der Waals surface area (Å²) in [6, 6.07) is 4.32. The van der Waals surface area contributed by atoms with Gasteiger partial charge in [0.2, 0.25) is 0 Å². The van der Waals surface area contributed by atoms with Gasteiger partial charge in [0.25, 0.3) is 0 Å². The van der Waals surface area contributed by atoms with E-state index in [9.17, 15) is 9.18 Å². The fraction of sp³-hybridized carbons (Fsp3) is 0.0833. The molecular formula is C12H9FN2O2. The molecule has 0 aliphatic carbocycles. The Kier molecular flexibility index (Phi) is 2.82. The van der Waals surface area contributed by atoms with E-state index in [0.29, 0.717) is 16.8 Å². The molecule has 2 rings (SSSR count). The first-order valence-corrected chi connectivity index (χ1v) is 4.90. The lowest BCUT2D eigenvalue weighted by Gasteiger charge is -2.03. The van der Waals surface area contributed by atoms with E-state index < -0.39 is 11.8 Å². The summed E-state index contributed by atoms with van der Waals surface area (Å²) in [5.74, 6) is -1.54. The fourth-order valence-corrected chi connectivity index (χ4v) is 1.39. The molecule has 0 spiro atoms. The Labute approximate surface area is 96.8 Å². The largest absolute Gasteiger partial charge is 0.477 e. The molecule has 0 aliphatic rings. The third-order valence-electron chi connectivity index (χ3n) is 2.34. The van der Waals surface area contributed by atoms with E-state index >= 15 is 0 Å². The van der Waals surface area contributed by atoms with Gasteiger partial charge in [0.1, 0.15) is 11.5 Å². The zero-order valence-corrected chi connectivity index (χ0v) is 9.01. The summed E-state index contributed by atoms with van der Waals surface area (Å²) in [6.45, 7) is 1.56. The molecule has 2 aromatic heterocycles. The monoisotopic (exact) mass is 232 g/mol. The maximum absolute atomic E-state index is 13.3. The summed E-state index contributed by atoms with van der Waals surface area (Å²) < 4.78 is 13.3. The standard InChI is InChI=1S/C12H9FN2O2/c1-7-10(13)4-9(6-15-7)8-2-3-14-11(5-8)12(16)17/h2-6H,1H3,(H,16,17). The summed E-state index contributed by atoms with van der Waals surface area (Å²) in [4.78, 5) is 18.3. The van der Waals surface area contributed by atoms with E-state index in [0.717, 1.165) is 0 Å². The zero-order valence-electron chi connectivity index (χ0n) is 9.01. The maximum Gasteiger partial charge on any atom is 0.354 e. The molecule has 0 saturated heterocycles. The van der Waals surface area contributed by atoms with Crippen molar-refractivity contribution in [3.63, 3.8) is 0 Å². The highest BCUT2D eigenvalue weighted by atomic mass is 19.1. The zero-order chi connectivity index (χ0) is 12.4. The van der Waals surface area contributed by atoms with Crippen molar-refractivity contribution >= 4 is 5.97 Å². The number of aromatic carboxylic acids is 1. The first-order chi connectivity index (χ1) is 8.08. The van der Waals surface area contributed by atoms with Gasteiger partial charge < -0.3 is 5.11 Å². The molecule has 0 fully saturated rings. The first-order valence-electron chi connectivity index (χ1n) is 4.90. The normalized spacial score (nSPS) is 10.2. The second kappa shape index (κ2) is 4.29. The van der Waals surface area contributed by atoms with Crippen LogP contribution in [0.1, 0.15) is 16.2 Å². The lowest BCUT2D eigenvalue weighted by atomic mass is 10.1. The summed E-state index contributed by atoms with van der Waals surface area (Å²) >= 11 is 0. The highest BCUT2D eigenvalue weighted by Gasteiger charge is 2.08. The summed E-state index contributed by atoms with van der Waals surface area (Å²) in [7, 11) is 0. The minimum atomic E-state index is -1.12. The first kappa shape index (κ1) is 11.2. The van der Waals surface area contributed by atoms with Crippen molar-refractivity contribution < 1.29 is 14.3 Å². The number of carbonyl (C=O) groups is 1. The molecule has 0 atom stereocenters. The van der Waals surface area contributed by atoms with Crippen LogP contribution in [-0.4, -0.2) is 21.0 Å². The van der Waals surface area contributed by atoms with E-state index in [4.69, 9.17) is 5.11 Å². The van der Waals surface area contributed by atoms with E-state index in [2.05, 4.69) is 9.97 Å². The molecule has 1 N–H and O–H groups in total. The number of hydrogen-bond acceptors (Lipinski definition) is 3. The third-order valence-corrected chi connectivity index (χ3v) is 2.34. The van der Waals surface area contributed by atoms with Gasteiger partial charge in [-0.25, -0.2) is 14.2 Å². The van der Waals surface area contributed by atoms with E-state index in [1.165, 1.54) is 24.5 Å². The van der Waals surface area contributed by atoms with Gasteiger partial charge in [0.15, 0.2) is 0 Å². The molecule has 2 heterocycles. The molecule has 5 heteroatoms. The lowest BCUT2D eigenvalue weighted by molar-refractivity contribution is 0.0690. The van der Waals surface area contributed by atoms with Crippen molar-refractivity contribution in [2.45, 2.75) is 6.92 Å². The van der Waals surface area contributed by atoms with Crippen LogP contribution in [0.15, 0.2) is 30.6 Å². The van der Waals surface area contributed by atoms with Crippen molar-refractivity contribution in [1.29, 1.82) is 0 Å². The number of aromatic nitrogens is 2. The van der Waals surface area contributed by atoms with Crippen LogP contribution in [-0.2, 0) is 0 Å². The molecule has 0 saturated carbocycles. The Morgan fingerprint density at radius 3 is 2.71 bits per heavy atom. The number of carboxylic acid groups (broad SMARTS) is 1. The van der Waals surface area contributed by atoms with Crippen LogP contribution in [0.3, 0.4) is 0 Å². The smallest absolute Gasteiger partial charge is 0.354 e. The Morgan fingerprint density at radius 2 is 2.06 bits per heavy atom. The molecule has 0 unspecified atom stereocenters. The predicted molar refractivity (Wildman–Crippen MR) is 59.1 cm³/mol. The summed E-state index contributed by atoms with van der Waals surface area (Å²) in [5.41, 5.74) is 1.33. The van der Waals surface area contributed by atoms with Gasteiger partial charge in [0.05, 0.1) is 5.69 Å². The third kappa shape index (κ3) is 2.28. The van der Waals surface area contributed by atoms with Crippen LogP contribution < -0.4 is 0 Å². The number of rotatable bonds is 2. The van der Waals surface area contributed by atoms with Gasteiger partial charge in [-0.2, -0.15) is 0 Å². The number of halogens is 1. The molecule has 2 aromatic rings. The van der Waals surface area contributed by atoms with Crippen LogP contribution in [0.5, 0.6) is 0 Å².